The molecule has 0 bridgehead atoms. The van der Waals surface area contributed by atoms with E-state index in [0.717, 1.165) is 48.0 Å². The van der Waals surface area contributed by atoms with Crippen molar-refractivity contribution in [3.05, 3.63) is 71.3 Å². The van der Waals surface area contributed by atoms with Crippen LogP contribution in [0.25, 0.3) is 33.9 Å². The van der Waals surface area contributed by atoms with Gasteiger partial charge in [0.2, 0.25) is 0 Å². The number of nitrogens with zero attached hydrogens (tertiary/aromatic N) is 3. The number of benzene rings is 2. The maximum atomic E-state index is 15.2. The first kappa shape index (κ1) is 33.0. The number of carboxylic acid groups (broad SMARTS) is 1. The molecule has 0 spiro atoms. The van der Waals surface area contributed by atoms with E-state index in [2.05, 4.69) is 10.2 Å². The minimum atomic E-state index is -5.08. The topological polar surface area (TPSA) is 168 Å². The molecule has 0 saturated carbocycles. The van der Waals surface area contributed by atoms with Gasteiger partial charge in [-0.25, -0.2) is 13.6 Å². The number of nitrogens with two attached hydrogens (primary N) is 2. The van der Waals surface area contributed by atoms with Crippen molar-refractivity contribution < 1.29 is 31.9 Å². The zero-order valence-corrected chi connectivity index (χ0v) is 24.3. The SMILES string of the molecule is Cn1c(-c2ccc(C3=CCC(C(=N)N)CC3)cc2F)nnc1-c1ccc(C2=CCC(C(=N)N)CC2)cc1F.O=C(O)C(F)(F)F. The Kier molecular flexibility index (Phi) is 9.84. The molecule has 1 aromatic heterocycles. The van der Waals surface area contributed by atoms with Gasteiger partial charge < -0.3 is 21.1 Å². The van der Waals surface area contributed by atoms with Crippen LogP contribution in [0.5, 0.6) is 0 Å². The predicted molar refractivity (Wildman–Crippen MR) is 160 cm³/mol. The van der Waals surface area contributed by atoms with Crippen LogP contribution in [0.2, 0.25) is 0 Å². The second-order valence-electron chi connectivity index (χ2n) is 10.9. The van der Waals surface area contributed by atoms with Crippen molar-refractivity contribution in [2.45, 2.75) is 44.7 Å². The van der Waals surface area contributed by atoms with Crippen molar-refractivity contribution in [2.24, 2.45) is 30.4 Å². The summed E-state index contributed by atoms with van der Waals surface area (Å²) in [5.74, 6) is -2.50. The lowest BCUT2D eigenvalue weighted by molar-refractivity contribution is -0.192. The number of halogens is 5. The molecular weight excluding hydrogens is 597 g/mol. The highest BCUT2D eigenvalue weighted by Gasteiger charge is 2.38. The second kappa shape index (κ2) is 13.4. The van der Waals surface area contributed by atoms with E-state index in [1.165, 1.54) is 12.1 Å². The second-order valence-corrected chi connectivity index (χ2v) is 10.9. The minimum Gasteiger partial charge on any atom is -0.475 e. The molecule has 7 N–H and O–H groups in total. The van der Waals surface area contributed by atoms with Gasteiger partial charge in [0.15, 0.2) is 11.6 Å². The maximum Gasteiger partial charge on any atom is 0.490 e. The summed E-state index contributed by atoms with van der Waals surface area (Å²) in [7, 11) is 1.70. The number of allylic oxidation sites excluding steroid dienone is 4. The van der Waals surface area contributed by atoms with Crippen LogP contribution in [0.4, 0.5) is 22.0 Å². The fourth-order valence-corrected chi connectivity index (χ4v) is 5.35. The van der Waals surface area contributed by atoms with Gasteiger partial charge >= 0.3 is 12.1 Å². The van der Waals surface area contributed by atoms with Crippen LogP contribution in [-0.2, 0) is 11.8 Å². The summed E-state index contributed by atoms with van der Waals surface area (Å²) in [6.07, 6.45) is 3.36. The molecule has 0 fully saturated rings. The number of aromatic nitrogens is 3. The Bertz CT molecular complexity index is 1580. The van der Waals surface area contributed by atoms with Crippen LogP contribution < -0.4 is 11.5 Å². The summed E-state index contributed by atoms with van der Waals surface area (Å²) in [6, 6.07) is 10.1. The fourth-order valence-electron chi connectivity index (χ4n) is 5.35. The van der Waals surface area contributed by atoms with Gasteiger partial charge in [0.05, 0.1) is 22.8 Å². The minimum absolute atomic E-state index is 0.0490. The normalized spacial score (nSPS) is 18.3. The van der Waals surface area contributed by atoms with Crippen LogP contribution in [0.3, 0.4) is 0 Å². The third-order valence-corrected chi connectivity index (χ3v) is 7.98. The zero-order valence-electron chi connectivity index (χ0n) is 24.3. The van der Waals surface area contributed by atoms with Gasteiger partial charge in [0.1, 0.15) is 11.6 Å². The van der Waals surface area contributed by atoms with Gasteiger partial charge in [-0.15, -0.1) is 10.2 Å². The first-order valence-electron chi connectivity index (χ1n) is 14.0. The van der Waals surface area contributed by atoms with Crippen molar-refractivity contribution in [3.8, 4) is 22.8 Å². The summed E-state index contributed by atoms with van der Waals surface area (Å²) < 4.78 is 63.8. The molecule has 0 radical (unpaired) electrons. The molecule has 0 aliphatic heterocycles. The number of carbonyl (C=O) groups is 1. The average molecular weight is 630 g/mol. The molecule has 5 rings (SSSR count). The smallest absolute Gasteiger partial charge is 0.475 e. The number of carboxylic acids is 1. The summed E-state index contributed by atoms with van der Waals surface area (Å²) in [5.41, 5.74) is 15.5. The lowest BCUT2D eigenvalue weighted by atomic mass is 9.86. The third-order valence-electron chi connectivity index (χ3n) is 7.98. The summed E-state index contributed by atoms with van der Waals surface area (Å²) in [5, 5.41) is 30.7. The monoisotopic (exact) mass is 629 g/mol. The number of amidine groups is 2. The molecule has 2 aromatic carbocycles. The Morgan fingerprint density at radius 1 is 0.844 bits per heavy atom. The van der Waals surface area contributed by atoms with E-state index in [4.69, 9.17) is 32.2 Å². The van der Waals surface area contributed by atoms with E-state index in [0.29, 0.717) is 24.5 Å². The Morgan fingerprint density at radius 3 is 1.49 bits per heavy atom. The maximum absolute atomic E-state index is 15.2. The third kappa shape index (κ3) is 7.62. The van der Waals surface area contributed by atoms with E-state index >= 15 is 8.78 Å². The molecular formula is C31H32F5N7O2. The van der Waals surface area contributed by atoms with Crippen molar-refractivity contribution >= 4 is 28.8 Å². The van der Waals surface area contributed by atoms with Crippen molar-refractivity contribution in [1.29, 1.82) is 10.8 Å². The summed E-state index contributed by atoms with van der Waals surface area (Å²) >= 11 is 0. The van der Waals surface area contributed by atoms with Crippen LogP contribution in [0.15, 0.2) is 48.6 Å². The van der Waals surface area contributed by atoms with Crippen LogP contribution in [0.1, 0.15) is 49.7 Å². The molecule has 1 heterocycles. The van der Waals surface area contributed by atoms with Crippen molar-refractivity contribution in [1.82, 2.24) is 14.8 Å². The number of hydrogen-bond donors (Lipinski definition) is 5. The molecule has 0 amide bonds. The van der Waals surface area contributed by atoms with Crippen molar-refractivity contribution in [2.75, 3.05) is 0 Å². The molecule has 2 aliphatic carbocycles. The first-order chi connectivity index (χ1) is 21.2. The van der Waals surface area contributed by atoms with Gasteiger partial charge in [-0.3, -0.25) is 10.8 Å². The standard InChI is InChI=1S/C29H31F2N7.C2HF3O2/c1-38-28(22-12-10-20(14-24(22)30)16-2-6-18(7-3-16)26(32)33)36-37-29(38)23-13-11-21(15-25(23)31)17-4-8-19(9-5-17)27(34)35;3-2(4,5)1(6)7/h2,4,10-15,18-19H,3,5-9H2,1H3,(H3,32,33)(H3,34,35);(H,6,7). The molecule has 14 heteroatoms. The Hall–Kier alpha value is -4.88. The molecule has 9 nitrogen and oxygen atoms in total. The highest BCUT2D eigenvalue weighted by Crippen LogP contribution is 2.35. The molecule has 2 aliphatic rings. The van der Waals surface area contributed by atoms with Gasteiger partial charge in [-0.1, -0.05) is 24.3 Å². The lowest BCUT2D eigenvalue weighted by Gasteiger charge is -2.21. The lowest BCUT2D eigenvalue weighted by Crippen LogP contribution is -2.23. The first-order valence-corrected chi connectivity index (χ1v) is 14.0. The van der Waals surface area contributed by atoms with Crippen molar-refractivity contribution in [3.63, 3.8) is 0 Å². The highest BCUT2D eigenvalue weighted by molar-refractivity contribution is 5.82. The molecule has 2 atom stereocenters. The molecule has 3 aromatic rings. The van der Waals surface area contributed by atoms with Gasteiger partial charge in [-0.2, -0.15) is 13.2 Å². The molecule has 45 heavy (non-hydrogen) atoms. The number of nitrogens with one attached hydrogen (secondary N) is 2. The number of rotatable bonds is 6. The van der Waals surface area contributed by atoms with Crippen LogP contribution in [-0.4, -0.2) is 43.7 Å². The van der Waals surface area contributed by atoms with E-state index < -0.39 is 23.8 Å². The Morgan fingerprint density at radius 2 is 1.22 bits per heavy atom. The number of hydrogen-bond acceptors (Lipinski definition) is 5. The van der Waals surface area contributed by atoms with Gasteiger partial charge in [0.25, 0.3) is 0 Å². The van der Waals surface area contributed by atoms with Crippen LogP contribution in [0, 0.1) is 34.3 Å². The summed E-state index contributed by atoms with van der Waals surface area (Å²) in [4.78, 5) is 8.90. The number of alkyl halides is 3. The van der Waals surface area contributed by atoms with E-state index in [9.17, 15) is 13.2 Å². The Balaban J connectivity index is 0.000000591. The van der Waals surface area contributed by atoms with Crippen LogP contribution >= 0.6 is 0 Å². The van der Waals surface area contributed by atoms with Gasteiger partial charge in [-0.05, 0) is 85.1 Å². The zero-order chi connectivity index (χ0) is 33.1. The predicted octanol–water partition coefficient (Wildman–Crippen LogP) is 6.30. The Labute approximate surface area is 255 Å². The largest absolute Gasteiger partial charge is 0.490 e. The van der Waals surface area contributed by atoms with E-state index in [-0.39, 0.29) is 34.6 Å². The highest BCUT2D eigenvalue weighted by atomic mass is 19.4. The quantitative estimate of drug-likeness (QED) is 0.122. The van der Waals surface area contributed by atoms with Gasteiger partial charge in [0, 0.05) is 18.9 Å². The molecule has 238 valence electrons. The fraction of sp³-hybridized carbons (Fsp3) is 0.323. The van der Waals surface area contributed by atoms with E-state index in [1.54, 1.807) is 23.7 Å². The average Bonchev–Trinajstić information content (AvgIpc) is 3.37. The molecule has 0 saturated heterocycles. The summed E-state index contributed by atoms with van der Waals surface area (Å²) in [6.45, 7) is 0. The van der Waals surface area contributed by atoms with E-state index in [1.807, 2.05) is 24.3 Å². The molecule has 2 unspecified atom stereocenters. The number of aliphatic carboxylic acids is 1.